The average Bonchev–Trinajstić information content (AvgIpc) is 2.79. The highest BCUT2D eigenvalue weighted by Gasteiger charge is 2.22. The van der Waals surface area contributed by atoms with Crippen LogP contribution in [0.5, 0.6) is 0 Å². The van der Waals surface area contributed by atoms with Crippen molar-refractivity contribution in [1.29, 1.82) is 0 Å². The molecule has 0 saturated carbocycles. The minimum atomic E-state index is 0.0380. The van der Waals surface area contributed by atoms with Gasteiger partial charge in [0.05, 0.1) is 10.7 Å². The normalized spacial score (nSPS) is 14.5. The summed E-state index contributed by atoms with van der Waals surface area (Å²) in [6.45, 7) is 14.9. The minimum Gasteiger partial charge on any atom is -0.372 e. The number of benzene rings is 2. The third-order valence-electron chi connectivity index (χ3n) is 5.62. The summed E-state index contributed by atoms with van der Waals surface area (Å²) in [4.78, 5) is 24.3. The summed E-state index contributed by atoms with van der Waals surface area (Å²) in [6.07, 6.45) is 0. The maximum atomic E-state index is 12.9. The number of piperazine rings is 1. The molecular formula is C25H31ClN4O. The molecule has 0 radical (unpaired) electrons. The second kappa shape index (κ2) is 10.5. The fraction of sp³-hybridized carbons (Fsp3) is 0.360. The SMILES string of the molecule is C=C(C)N1CCN(C(=Nc2ccccc2Cl)c2cccc(C(=O)N(CC)CC)c2)CC1. The molecule has 5 nitrogen and oxygen atoms in total. The quantitative estimate of drug-likeness (QED) is 0.468. The number of para-hydroxylation sites is 1. The largest absolute Gasteiger partial charge is 0.372 e. The molecule has 1 aliphatic heterocycles. The molecule has 1 saturated heterocycles. The monoisotopic (exact) mass is 438 g/mol. The summed E-state index contributed by atoms with van der Waals surface area (Å²) < 4.78 is 0. The maximum absolute atomic E-state index is 12.9. The molecule has 0 aromatic heterocycles. The Morgan fingerprint density at radius 2 is 1.61 bits per heavy atom. The van der Waals surface area contributed by atoms with E-state index >= 15 is 0 Å². The summed E-state index contributed by atoms with van der Waals surface area (Å²) in [5.74, 6) is 0.875. The molecule has 164 valence electrons. The predicted molar refractivity (Wildman–Crippen MR) is 129 cm³/mol. The van der Waals surface area contributed by atoms with Gasteiger partial charge < -0.3 is 14.7 Å². The van der Waals surface area contributed by atoms with Crippen molar-refractivity contribution in [2.45, 2.75) is 20.8 Å². The number of amidine groups is 1. The second-order valence-corrected chi connectivity index (χ2v) is 8.06. The van der Waals surface area contributed by atoms with E-state index in [1.165, 1.54) is 0 Å². The van der Waals surface area contributed by atoms with Crippen LogP contribution in [0.1, 0.15) is 36.7 Å². The number of allylic oxidation sites excluding steroid dienone is 1. The lowest BCUT2D eigenvalue weighted by Crippen LogP contribution is -2.48. The summed E-state index contributed by atoms with van der Waals surface area (Å²) in [7, 11) is 0. The van der Waals surface area contributed by atoms with Crippen molar-refractivity contribution in [3.05, 3.63) is 77.0 Å². The van der Waals surface area contributed by atoms with Crippen LogP contribution in [0.2, 0.25) is 5.02 Å². The van der Waals surface area contributed by atoms with Gasteiger partial charge in [0.1, 0.15) is 5.84 Å². The van der Waals surface area contributed by atoms with Gasteiger partial charge in [0.2, 0.25) is 0 Å². The van der Waals surface area contributed by atoms with Gasteiger partial charge in [0, 0.05) is 56.1 Å². The molecule has 3 rings (SSSR count). The highest BCUT2D eigenvalue weighted by atomic mass is 35.5. The Kier molecular flexibility index (Phi) is 7.75. The van der Waals surface area contributed by atoms with Crippen LogP contribution in [0.4, 0.5) is 5.69 Å². The zero-order valence-electron chi connectivity index (χ0n) is 18.6. The third kappa shape index (κ3) is 5.47. The molecule has 0 N–H and O–H groups in total. The fourth-order valence-corrected chi connectivity index (χ4v) is 3.94. The highest BCUT2D eigenvalue weighted by Crippen LogP contribution is 2.26. The van der Waals surface area contributed by atoms with E-state index in [1.807, 2.05) is 74.2 Å². The molecule has 0 unspecified atom stereocenters. The fourth-order valence-electron chi connectivity index (χ4n) is 3.76. The Hall–Kier alpha value is -2.79. The van der Waals surface area contributed by atoms with Crippen LogP contribution in [0.3, 0.4) is 0 Å². The first kappa shape index (κ1) is 22.9. The maximum Gasteiger partial charge on any atom is 0.253 e. The van der Waals surface area contributed by atoms with E-state index in [-0.39, 0.29) is 5.91 Å². The first-order chi connectivity index (χ1) is 14.9. The van der Waals surface area contributed by atoms with Crippen molar-refractivity contribution in [3.63, 3.8) is 0 Å². The highest BCUT2D eigenvalue weighted by molar-refractivity contribution is 6.33. The molecule has 1 heterocycles. The smallest absolute Gasteiger partial charge is 0.253 e. The molecule has 1 fully saturated rings. The van der Waals surface area contributed by atoms with Gasteiger partial charge in [-0.1, -0.05) is 42.4 Å². The van der Waals surface area contributed by atoms with E-state index in [4.69, 9.17) is 16.6 Å². The van der Waals surface area contributed by atoms with Gasteiger partial charge in [-0.25, -0.2) is 4.99 Å². The van der Waals surface area contributed by atoms with Gasteiger partial charge >= 0.3 is 0 Å². The molecule has 1 aliphatic rings. The lowest BCUT2D eigenvalue weighted by atomic mass is 10.1. The molecule has 6 heteroatoms. The number of hydrogen-bond donors (Lipinski definition) is 0. The van der Waals surface area contributed by atoms with E-state index in [9.17, 15) is 4.79 Å². The van der Waals surface area contributed by atoms with Crippen LogP contribution in [-0.4, -0.2) is 65.7 Å². The van der Waals surface area contributed by atoms with Crippen molar-refractivity contribution in [1.82, 2.24) is 14.7 Å². The van der Waals surface area contributed by atoms with Gasteiger partial charge in [-0.3, -0.25) is 4.79 Å². The number of aliphatic imine (C=N–C) groups is 1. The number of carbonyl (C=O) groups is 1. The van der Waals surface area contributed by atoms with Gasteiger partial charge in [-0.15, -0.1) is 0 Å². The van der Waals surface area contributed by atoms with Gasteiger partial charge in [-0.05, 0) is 45.0 Å². The van der Waals surface area contributed by atoms with Gasteiger partial charge in [-0.2, -0.15) is 0 Å². The number of rotatable bonds is 6. The van der Waals surface area contributed by atoms with Crippen molar-refractivity contribution in [2.24, 2.45) is 4.99 Å². The van der Waals surface area contributed by atoms with Crippen LogP contribution in [-0.2, 0) is 0 Å². The van der Waals surface area contributed by atoms with Crippen LogP contribution >= 0.6 is 11.6 Å². The number of halogens is 1. The Bertz CT molecular complexity index is 959. The molecule has 0 spiro atoms. The molecule has 0 aliphatic carbocycles. The molecule has 0 atom stereocenters. The summed E-state index contributed by atoms with van der Waals surface area (Å²) in [5, 5.41) is 0.607. The Balaban J connectivity index is 1.99. The second-order valence-electron chi connectivity index (χ2n) is 7.65. The van der Waals surface area contributed by atoms with Crippen LogP contribution < -0.4 is 0 Å². The zero-order chi connectivity index (χ0) is 22.4. The van der Waals surface area contributed by atoms with E-state index in [2.05, 4.69) is 16.4 Å². The summed E-state index contributed by atoms with van der Waals surface area (Å²) >= 11 is 6.41. The molecule has 2 aromatic rings. The summed E-state index contributed by atoms with van der Waals surface area (Å²) in [5.41, 5.74) is 3.40. The van der Waals surface area contributed by atoms with E-state index in [0.717, 1.165) is 49.0 Å². The number of nitrogens with zero attached hydrogens (tertiary/aromatic N) is 4. The van der Waals surface area contributed by atoms with Crippen molar-refractivity contribution in [2.75, 3.05) is 39.3 Å². The lowest BCUT2D eigenvalue weighted by Gasteiger charge is -2.38. The standard InChI is InChI=1S/C25H31ClN4O/c1-5-28(6-2)25(31)21-11-9-10-20(18-21)24(27-23-13-8-7-12-22(23)26)30-16-14-29(15-17-30)19(3)4/h7-13,18H,3,5-6,14-17H2,1-2,4H3. The molecule has 0 bridgehead atoms. The van der Waals surface area contributed by atoms with Crippen LogP contribution in [0.25, 0.3) is 0 Å². The zero-order valence-corrected chi connectivity index (χ0v) is 19.4. The van der Waals surface area contributed by atoms with E-state index in [1.54, 1.807) is 0 Å². The molecule has 31 heavy (non-hydrogen) atoms. The van der Waals surface area contributed by atoms with Crippen LogP contribution in [0.15, 0.2) is 65.8 Å². The van der Waals surface area contributed by atoms with E-state index < -0.39 is 0 Å². The van der Waals surface area contributed by atoms with Crippen molar-refractivity contribution < 1.29 is 4.79 Å². The topological polar surface area (TPSA) is 39.1 Å². The van der Waals surface area contributed by atoms with Gasteiger partial charge in [0.15, 0.2) is 0 Å². The minimum absolute atomic E-state index is 0.0380. The average molecular weight is 439 g/mol. The Morgan fingerprint density at radius 1 is 1.00 bits per heavy atom. The van der Waals surface area contributed by atoms with E-state index in [0.29, 0.717) is 23.7 Å². The Morgan fingerprint density at radius 3 is 2.23 bits per heavy atom. The Labute approximate surface area is 190 Å². The number of carbonyl (C=O) groups excluding carboxylic acids is 1. The van der Waals surface area contributed by atoms with Crippen molar-refractivity contribution in [3.8, 4) is 0 Å². The lowest BCUT2D eigenvalue weighted by molar-refractivity contribution is 0.0773. The number of hydrogen-bond acceptors (Lipinski definition) is 3. The number of amides is 1. The first-order valence-electron chi connectivity index (χ1n) is 10.8. The van der Waals surface area contributed by atoms with Crippen LogP contribution in [0, 0.1) is 0 Å². The predicted octanol–water partition coefficient (Wildman–Crippen LogP) is 5.05. The van der Waals surface area contributed by atoms with Crippen molar-refractivity contribution >= 4 is 29.0 Å². The van der Waals surface area contributed by atoms with Gasteiger partial charge in [0.25, 0.3) is 5.91 Å². The molecule has 2 aromatic carbocycles. The molecular weight excluding hydrogens is 408 g/mol. The molecule has 1 amide bonds. The summed E-state index contributed by atoms with van der Waals surface area (Å²) in [6, 6.07) is 15.3. The first-order valence-corrected chi connectivity index (χ1v) is 11.2. The third-order valence-corrected chi connectivity index (χ3v) is 5.94.